The van der Waals surface area contributed by atoms with Crippen LogP contribution in [0.5, 0.6) is 0 Å². The van der Waals surface area contributed by atoms with E-state index in [0.717, 1.165) is 24.1 Å². The van der Waals surface area contributed by atoms with Crippen molar-refractivity contribution >= 4 is 43.2 Å². The van der Waals surface area contributed by atoms with Crippen LogP contribution in [0.1, 0.15) is 12.0 Å². The summed E-state index contributed by atoms with van der Waals surface area (Å²) in [5.41, 5.74) is 1.91. The van der Waals surface area contributed by atoms with E-state index in [9.17, 15) is 26.4 Å². The van der Waals surface area contributed by atoms with Crippen molar-refractivity contribution < 1.29 is 30.8 Å². The fourth-order valence-electron chi connectivity index (χ4n) is 4.56. The van der Waals surface area contributed by atoms with E-state index in [0.29, 0.717) is 16.8 Å². The number of nitrogens with one attached hydrogen (secondary N) is 3. The van der Waals surface area contributed by atoms with Crippen molar-refractivity contribution in [2.45, 2.75) is 30.3 Å². The highest BCUT2D eigenvalue weighted by Crippen LogP contribution is 2.30. The van der Waals surface area contributed by atoms with Gasteiger partial charge in [-0.2, -0.15) is 0 Å². The Bertz CT molecular complexity index is 1660. The Morgan fingerprint density at radius 2 is 1.60 bits per heavy atom. The summed E-state index contributed by atoms with van der Waals surface area (Å²) in [6.45, 7) is 1.82. The van der Waals surface area contributed by atoms with Crippen LogP contribution in [-0.4, -0.2) is 64.8 Å². The fraction of sp³-hybridized carbons (Fsp3) is 0.259. The first-order valence-corrected chi connectivity index (χ1v) is 16.0. The van der Waals surface area contributed by atoms with Crippen LogP contribution in [0.2, 0.25) is 0 Å². The highest BCUT2D eigenvalue weighted by Gasteiger charge is 2.41. The lowest BCUT2D eigenvalue weighted by molar-refractivity contribution is -0.119. The number of urea groups is 1. The van der Waals surface area contributed by atoms with Gasteiger partial charge in [-0.05, 0) is 49.2 Å². The second kappa shape index (κ2) is 11.4. The van der Waals surface area contributed by atoms with Gasteiger partial charge in [0.05, 0.1) is 16.8 Å². The van der Waals surface area contributed by atoms with Gasteiger partial charge < -0.3 is 15.5 Å². The number of carbonyl (C=O) groups excluding carboxylic acids is 2. The summed E-state index contributed by atoms with van der Waals surface area (Å²) in [6.07, 6.45) is 2.02. The lowest BCUT2D eigenvalue weighted by Crippen LogP contribution is -2.45. The van der Waals surface area contributed by atoms with E-state index in [-0.39, 0.29) is 23.5 Å². The van der Waals surface area contributed by atoms with Gasteiger partial charge in [0.15, 0.2) is 9.84 Å². The maximum Gasteiger partial charge on any atom is 0.322 e. The summed E-state index contributed by atoms with van der Waals surface area (Å²) >= 11 is 0. The molecule has 4 rings (SSSR count). The van der Waals surface area contributed by atoms with Crippen molar-refractivity contribution in [3.63, 3.8) is 0 Å². The highest BCUT2D eigenvalue weighted by molar-refractivity contribution is 7.90. The molecule has 1 aliphatic rings. The molecule has 2 atom stereocenters. The topological polar surface area (TPSA) is 142 Å². The molecule has 3 aromatic rings. The second-order valence-electron chi connectivity index (χ2n) is 9.74. The van der Waals surface area contributed by atoms with Crippen molar-refractivity contribution in [3.8, 4) is 11.1 Å². The molecule has 3 amide bonds. The zero-order chi connectivity index (χ0) is 29.2. The minimum Gasteiger partial charge on any atom is -0.322 e. The Kier molecular flexibility index (Phi) is 8.28. The van der Waals surface area contributed by atoms with Crippen LogP contribution in [0.4, 0.5) is 20.6 Å². The van der Waals surface area contributed by atoms with E-state index < -0.39 is 49.7 Å². The molecule has 212 valence electrons. The Hall–Kier alpha value is -3.81. The molecule has 3 N–H and O–H groups in total. The van der Waals surface area contributed by atoms with Crippen LogP contribution >= 0.6 is 0 Å². The number of nitrogens with zero attached hydrogens (tertiary/aromatic N) is 1. The van der Waals surface area contributed by atoms with Gasteiger partial charge in [0.2, 0.25) is 15.9 Å². The molecule has 1 saturated heterocycles. The minimum absolute atomic E-state index is 0.0261. The molecule has 0 bridgehead atoms. The number of amides is 3. The van der Waals surface area contributed by atoms with E-state index in [1.54, 1.807) is 42.5 Å². The molecule has 10 nitrogen and oxygen atoms in total. The Balaban J connectivity index is 1.56. The van der Waals surface area contributed by atoms with Crippen molar-refractivity contribution in [2.75, 3.05) is 29.7 Å². The first kappa shape index (κ1) is 29.2. The Labute approximate surface area is 232 Å². The number of benzene rings is 3. The molecule has 1 fully saturated rings. The number of aryl methyl sites for hydroxylation is 1. The number of halogens is 1. The lowest BCUT2D eigenvalue weighted by atomic mass is 10.0. The van der Waals surface area contributed by atoms with E-state index in [1.165, 1.54) is 23.1 Å². The largest absolute Gasteiger partial charge is 0.322 e. The summed E-state index contributed by atoms with van der Waals surface area (Å²) in [5, 5.41) is 5.19. The van der Waals surface area contributed by atoms with Crippen molar-refractivity contribution in [2.24, 2.45) is 0 Å². The van der Waals surface area contributed by atoms with Crippen molar-refractivity contribution in [1.82, 2.24) is 9.62 Å². The number of carbonyl (C=O) groups is 2. The summed E-state index contributed by atoms with van der Waals surface area (Å²) in [7, 11) is -7.20. The second-order valence-corrected chi connectivity index (χ2v) is 13.5. The normalized spacial score (nSPS) is 17.4. The van der Waals surface area contributed by atoms with E-state index in [1.807, 2.05) is 6.92 Å². The lowest BCUT2D eigenvalue weighted by Gasteiger charge is -2.24. The standard InChI is InChI=1S/C27H29FN4O6S2/c1-17-8-11-19(12-9-17)29-27(34)32-16-20(31-40(3,37)38)15-24(32)26(33)30-23-13-10-18(14-22(23)28)21-6-4-5-7-25(21)39(2,35)36/h4-14,20,24,31H,15-16H2,1-3H3,(H,29,34)(H,30,33)/t20-,24-/m1/s1. The number of rotatable bonds is 7. The average molecular weight is 589 g/mol. The van der Waals surface area contributed by atoms with E-state index in [2.05, 4.69) is 15.4 Å². The summed E-state index contributed by atoms with van der Waals surface area (Å²) in [4.78, 5) is 27.6. The molecule has 3 aromatic carbocycles. The number of hydrogen-bond acceptors (Lipinski definition) is 6. The highest BCUT2D eigenvalue weighted by atomic mass is 32.2. The molecule has 40 heavy (non-hydrogen) atoms. The third-order valence-electron chi connectivity index (χ3n) is 6.37. The third-order valence-corrected chi connectivity index (χ3v) is 8.29. The quantitative estimate of drug-likeness (QED) is 0.387. The van der Waals surface area contributed by atoms with Crippen LogP contribution in [0.15, 0.2) is 71.6 Å². The van der Waals surface area contributed by atoms with Gasteiger partial charge in [0.25, 0.3) is 0 Å². The Morgan fingerprint density at radius 1 is 0.925 bits per heavy atom. The molecule has 0 unspecified atom stereocenters. The van der Waals surface area contributed by atoms with Crippen LogP contribution in [0.25, 0.3) is 11.1 Å². The molecule has 1 heterocycles. The van der Waals surface area contributed by atoms with Gasteiger partial charge >= 0.3 is 6.03 Å². The number of sulfonamides is 1. The molecule has 0 aromatic heterocycles. The van der Waals surface area contributed by atoms with E-state index >= 15 is 4.39 Å². The predicted octanol–water partition coefficient (Wildman–Crippen LogP) is 3.37. The molecule has 0 radical (unpaired) electrons. The van der Waals surface area contributed by atoms with E-state index in [4.69, 9.17) is 0 Å². The monoisotopic (exact) mass is 588 g/mol. The van der Waals surface area contributed by atoms with Gasteiger partial charge in [-0.3, -0.25) is 4.79 Å². The summed E-state index contributed by atoms with van der Waals surface area (Å²) in [5.74, 6) is -1.52. The Morgan fingerprint density at radius 3 is 2.23 bits per heavy atom. The van der Waals surface area contributed by atoms with Gasteiger partial charge in [-0.1, -0.05) is 42.0 Å². The van der Waals surface area contributed by atoms with Crippen molar-refractivity contribution in [3.05, 3.63) is 78.1 Å². The SMILES string of the molecule is Cc1ccc(NC(=O)N2C[C@H](NS(C)(=O)=O)C[C@@H]2C(=O)Nc2ccc(-c3ccccc3S(C)(=O)=O)cc2F)cc1. The number of sulfone groups is 1. The fourth-order valence-corrected chi connectivity index (χ4v) is 6.25. The molecule has 0 spiro atoms. The smallest absolute Gasteiger partial charge is 0.322 e. The first-order chi connectivity index (χ1) is 18.7. The average Bonchev–Trinajstić information content (AvgIpc) is 3.28. The van der Waals surface area contributed by atoms with Crippen LogP contribution < -0.4 is 15.4 Å². The van der Waals surface area contributed by atoms with Crippen LogP contribution in [-0.2, 0) is 24.7 Å². The molecular weight excluding hydrogens is 559 g/mol. The van der Waals surface area contributed by atoms with Gasteiger partial charge in [0, 0.05) is 30.1 Å². The minimum atomic E-state index is -3.62. The van der Waals surface area contributed by atoms with Gasteiger partial charge in [-0.15, -0.1) is 0 Å². The zero-order valence-electron chi connectivity index (χ0n) is 22.0. The third kappa shape index (κ3) is 7.03. The van der Waals surface area contributed by atoms with Crippen molar-refractivity contribution in [1.29, 1.82) is 0 Å². The molecule has 1 aliphatic heterocycles. The molecule has 0 saturated carbocycles. The number of likely N-dealkylation sites (tertiary alicyclic amines) is 1. The number of hydrogen-bond donors (Lipinski definition) is 3. The summed E-state index contributed by atoms with van der Waals surface area (Å²) < 4.78 is 65.5. The molecule has 13 heteroatoms. The molecule has 0 aliphatic carbocycles. The van der Waals surface area contributed by atoms with Gasteiger partial charge in [-0.25, -0.2) is 30.7 Å². The zero-order valence-corrected chi connectivity index (χ0v) is 23.6. The maximum atomic E-state index is 15.1. The predicted molar refractivity (Wildman–Crippen MR) is 151 cm³/mol. The maximum absolute atomic E-state index is 15.1. The van der Waals surface area contributed by atoms with Crippen LogP contribution in [0.3, 0.4) is 0 Å². The first-order valence-electron chi connectivity index (χ1n) is 12.2. The number of anilines is 2. The van der Waals surface area contributed by atoms with Crippen LogP contribution in [0, 0.1) is 12.7 Å². The molecular formula is C27H29FN4O6S2. The summed E-state index contributed by atoms with van der Waals surface area (Å²) in [6, 6.07) is 14.6. The van der Waals surface area contributed by atoms with Gasteiger partial charge in [0.1, 0.15) is 11.9 Å².